The van der Waals surface area contributed by atoms with Gasteiger partial charge in [0.15, 0.2) is 0 Å². The van der Waals surface area contributed by atoms with Gasteiger partial charge in [-0.25, -0.2) is 4.99 Å². The molecule has 0 aliphatic carbocycles. The zero-order chi connectivity index (χ0) is 19.6. The minimum absolute atomic E-state index is 0.0410. The molecule has 0 spiro atoms. The number of nitrogens with zero attached hydrogens (tertiary/aromatic N) is 1. The van der Waals surface area contributed by atoms with Crippen molar-refractivity contribution in [3.05, 3.63) is 71.3 Å². The SMILES string of the molecule is CC(=O)NC(=O)c1cc2ccccc2oc1=Nc1cccc(C(F)(F)F)c1. The number of rotatable bonds is 2. The lowest BCUT2D eigenvalue weighted by atomic mass is 10.1. The Balaban J connectivity index is 2.21. The van der Waals surface area contributed by atoms with Crippen molar-refractivity contribution in [2.24, 2.45) is 4.99 Å². The normalized spacial score (nSPS) is 12.2. The van der Waals surface area contributed by atoms with E-state index in [4.69, 9.17) is 4.42 Å². The molecule has 0 unspecified atom stereocenters. The molecule has 0 radical (unpaired) electrons. The maximum Gasteiger partial charge on any atom is 0.416 e. The van der Waals surface area contributed by atoms with E-state index in [0.29, 0.717) is 11.0 Å². The number of carbonyl (C=O) groups is 2. The number of carbonyl (C=O) groups excluding carboxylic acids is 2. The number of halogens is 3. The van der Waals surface area contributed by atoms with E-state index in [1.165, 1.54) is 25.1 Å². The summed E-state index contributed by atoms with van der Waals surface area (Å²) in [5.74, 6) is -1.35. The van der Waals surface area contributed by atoms with Crippen LogP contribution in [0.15, 0.2) is 64.0 Å². The predicted molar refractivity (Wildman–Crippen MR) is 91.0 cm³/mol. The van der Waals surface area contributed by atoms with E-state index in [0.717, 1.165) is 12.1 Å². The van der Waals surface area contributed by atoms with Gasteiger partial charge in [0.2, 0.25) is 11.5 Å². The van der Waals surface area contributed by atoms with Crippen molar-refractivity contribution in [2.75, 3.05) is 0 Å². The highest BCUT2D eigenvalue weighted by atomic mass is 19.4. The lowest BCUT2D eigenvalue weighted by Crippen LogP contribution is -2.32. The monoisotopic (exact) mass is 374 g/mol. The van der Waals surface area contributed by atoms with Crippen LogP contribution in [0.3, 0.4) is 0 Å². The van der Waals surface area contributed by atoms with Gasteiger partial charge in [-0.2, -0.15) is 13.2 Å². The molecule has 27 heavy (non-hydrogen) atoms. The van der Waals surface area contributed by atoms with Crippen LogP contribution in [0, 0.1) is 0 Å². The van der Waals surface area contributed by atoms with Crippen LogP contribution in [0.4, 0.5) is 18.9 Å². The summed E-state index contributed by atoms with van der Waals surface area (Å²) in [6.07, 6.45) is -4.53. The molecule has 1 N–H and O–H groups in total. The number of alkyl halides is 3. The van der Waals surface area contributed by atoms with Gasteiger partial charge in [-0.3, -0.25) is 14.9 Å². The Morgan fingerprint density at radius 2 is 1.78 bits per heavy atom. The number of fused-ring (bicyclic) bond motifs is 1. The molecule has 138 valence electrons. The highest BCUT2D eigenvalue weighted by Gasteiger charge is 2.30. The Morgan fingerprint density at radius 1 is 1.04 bits per heavy atom. The number of benzene rings is 2. The van der Waals surface area contributed by atoms with Crippen molar-refractivity contribution < 1.29 is 27.2 Å². The first-order valence-corrected chi connectivity index (χ1v) is 7.81. The van der Waals surface area contributed by atoms with Gasteiger partial charge in [-0.15, -0.1) is 0 Å². The van der Waals surface area contributed by atoms with Crippen molar-refractivity contribution in [2.45, 2.75) is 13.1 Å². The molecule has 2 aromatic carbocycles. The van der Waals surface area contributed by atoms with Crippen molar-refractivity contribution in [1.29, 1.82) is 0 Å². The summed E-state index contributed by atoms with van der Waals surface area (Å²) in [4.78, 5) is 27.6. The van der Waals surface area contributed by atoms with Crippen molar-refractivity contribution in [1.82, 2.24) is 5.32 Å². The van der Waals surface area contributed by atoms with Crippen LogP contribution in [0.1, 0.15) is 22.8 Å². The van der Waals surface area contributed by atoms with Crippen LogP contribution in [0.2, 0.25) is 0 Å². The van der Waals surface area contributed by atoms with Gasteiger partial charge in [-0.05, 0) is 30.3 Å². The zero-order valence-corrected chi connectivity index (χ0v) is 14.0. The summed E-state index contributed by atoms with van der Waals surface area (Å²) in [6, 6.07) is 12.5. The number of hydrogen-bond donors (Lipinski definition) is 1. The molecule has 3 aromatic rings. The number of para-hydroxylation sites is 1. The van der Waals surface area contributed by atoms with Crippen molar-refractivity contribution in [3.8, 4) is 0 Å². The second kappa shape index (κ2) is 7.06. The first-order valence-electron chi connectivity index (χ1n) is 7.81. The van der Waals surface area contributed by atoms with E-state index >= 15 is 0 Å². The van der Waals surface area contributed by atoms with Crippen LogP contribution < -0.4 is 10.9 Å². The van der Waals surface area contributed by atoms with E-state index in [1.807, 2.05) is 0 Å². The minimum atomic E-state index is -4.53. The molecule has 3 rings (SSSR count). The fraction of sp³-hybridized carbons (Fsp3) is 0.105. The maximum atomic E-state index is 12.9. The lowest BCUT2D eigenvalue weighted by Gasteiger charge is -2.07. The van der Waals surface area contributed by atoms with Crippen molar-refractivity contribution in [3.63, 3.8) is 0 Å². The van der Waals surface area contributed by atoms with Gasteiger partial charge in [0.05, 0.1) is 11.3 Å². The average Bonchev–Trinajstić information content (AvgIpc) is 2.60. The van der Waals surface area contributed by atoms with Crippen LogP contribution in [0.25, 0.3) is 11.0 Å². The molecule has 1 heterocycles. The second-order valence-electron chi connectivity index (χ2n) is 5.67. The predicted octanol–water partition coefficient (Wildman–Crippen LogP) is 3.96. The summed E-state index contributed by atoms with van der Waals surface area (Å²) in [7, 11) is 0. The Labute approximate surface area is 151 Å². The number of nitrogens with one attached hydrogen (secondary N) is 1. The Hall–Kier alpha value is -3.42. The molecule has 0 saturated heterocycles. The first-order chi connectivity index (χ1) is 12.7. The topological polar surface area (TPSA) is 71.7 Å². The largest absolute Gasteiger partial charge is 0.438 e. The third-order valence-electron chi connectivity index (χ3n) is 3.59. The van der Waals surface area contributed by atoms with Crippen molar-refractivity contribution >= 4 is 28.5 Å². The standard InChI is InChI=1S/C19H13F3N2O3/c1-11(25)23-17(26)15-9-12-5-2-3-8-16(12)27-18(15)24-14-7-4-6-13(10-14)19(20,21)22/h2-10H,1H3,(H,23,25,26). The Bertz CT molecular complexity index is 1100. The molecule has 0 aliphatic heterocycles. The molecule has 0 bridgehead atoms. The van der Waals surface area contributed by atoms with E-state index in [9.17, 15) is 22.8 Å². The average molecular weight is 374 g/mol. The molecule has 5 nitrogen and oxygen atoms in total. The maximum absolute atomic E-state index is 12.9. The fourth-order valence-corrected chi connectivity index (χ4v) is 2.41. The van der Waals surface area contributed by atoms with E-state index in [-0.39, 0.29) is 16.8 Å². The summed E-state index contributed by atoms with van der Waals surface area (Å²) in [5, 5.41) is 2.69. The summed E-state index contributed by atoms with van der Waals surface area (Å²) in [6.45, 7) is 1.17. The molecule has 1 aromatic heterocycles. The first kappa shape index (κ1) is 18.4. The lowest BCUT2D eigenvalue weighted by molar-refractivity contribution is -0.137. The number of imide groups is 1. The van der Waals surface area contributed by atoms with Crippen LogP contribution in [0.5, 0.6) is 0 Å². The summed E-state index contributed by atoms with van der Waals surface area (Å²) in [5.41, 5.74) is -0.796. The van der Waals surface area contributed by atoms with Gasteiger partial charge >= 0.3 is 6.18 Å². The van der Waals surface area contributed by atoms with E-state index in [2.05, 4.69) is 10.3 Å². The van der Waals surface area contributed by atoms with Gasteiger partial charge in [0.25, 0.3) is 5.91 Å². The zero-order valence-electron chi connectivity index (χ0n) is 14.0. The van der Waals surface area contributed by atoms with E-state index < -0.39 is 23.6 Å². The second-order valence-corrected chi connectivity index (χ2v) is 5.67. The molecule has 0 saturated carbocycles. The van der Waals surface area contributed by atoms with Crippen LogP contribution in [-0.4, -0.2) is 11.8 Å². The Morgan fingerprint density at radius 3 is 2.48 bits per heavy atom. The third-order valence-corrected chi connectivity index (χ3v) is 3.59. The van der Waals surface area contributed by atoms with Gasteiger partial charge in [0, 0.05) is 12.3 Å². The van der Waals surface area contributed by atoms with E-state index in [1.54, 1.807) is 24.3 Å². The van der Waals surface area contributed by atoms with Gasteiger partial charge in [-0.1, -0.05) is 24.3 Å². The smallest absolute Gasteiger partial charge is 0.416 e. The highest BCUT2D eigenvalue weighted by molar-refractivity contribution is 6.05. The number of amides is 2. The number of hydrogen-bond acceptors (Lipinski definition) is 4. The molecular formula is C19H13F3N2O3. The summed E-state index contributed by atoms with van der Waals surface area (Å²) < 4.78 is 44.3. The molecule has 0 fully saturated rings. The molecule has 0 atom stereocenters. The van der Waals surface area contributed by atoms with Gasteiger partial charge < -0.3 is 4.42 Å². The third kappa shape index (κ3) is 4.22. The minimum Gasteiger partial charge on any atom is -0.438 e. The summed E-state index contributed by atoms with van der Waals surface area (Å²) >= 11 is 0. The molecule has 8 heteroatoms. The molecular weight excluding hydrogens is 361 g/mol. The fourth-order valence-electron chi connectivity index (χ4n) is 2.41. The highest BCUT2D eigenvalue weighted by Crippen LogP contribution is 2.31. The Kier molecular flexibility index (Phi) is 4.81. The molecule has 0 aliphatic rings. The van der Waals surface area contributed by atoms with Gasteiger partial charge in [0.1, 0.15) is 11.1 Å². The molecule has 2 amide bonds. The quantitative estimate of drug-likeness (QED) is 0.738. The van der Waals surface area contributed by atoms with Crippen LogP contribution in [-0.2, 0) is 11.0 Å². The van der Waals surface area contributed by atoms with Crippen LogP contribution >= 0.6 is 0 Å².